The molecule has 0 fully saturated rings. The molecule has 0 saturated carbocycles. The van der Waals surface area contributed by atoms with Crippen molar-refractivity contribution < 1.29 is 13.3 Å². The zero-order valence-corrected chi connectivity index (χ0v) is 10.2. The van der Waals surface area contributed by atoms with Crippen LogP contribution in [-0.2, 0) is 9.84 Å². The van der Waals surface area contributed by atoms with Gasteiger partial charge in [0.2, 0.25) is 0 Å². The standard InChI is InChI=1S/C7H8ClNO4S2/c1-2-3-15(12,13)6-4-5(9(10)11)7(8)14-6/h4H,2-3H2,1H3. The first kappa shape index (κ1) is 12.4. The van der Waals surface area contributed by atoms with Crippen LogP contribution in [0.5, 0.6) is 0 Å². The Kier molecular flexibility index (Phi) is 3.69. The van der Waals surface area contributed by atoms with Crippen molar-refractivity contribution in [1.82, 2.24) is 0 Å². The van der Waals surface area contributed by atoms with E-state index in [9.17, 15) is 18.5 Å². The van der Waals surface area contributed by atoms with Crippen LogP contribution in [0.3, 0.4) is 0 Å². The van der Waals surface area contributed by atoms with Gasteiger partial charge < -0.3 is 0 Å². The Bertz CT molecular complexity index is 479. The van der Waals surface area contributed by atoms with Crippen LogP contribution < -0.4 is 0 Å². The third kappa shape index (κ3) is 2.67. The van der Waals surface area contributed by atoms with Gasteiger partial charge in [0.25, 0.3) is 5.69 Å². The smallest absolute Gasteiger partial charge is 0.258 e. The van der Waals surface area contributed by atoms with E-state index in [0.717, 1.165) is 17.4 Å². The van der Waals surface area contributed by atoms with Crippen LogP contribution in [-0.4, -0.2) is 19.1 Å². The average Bonchev–Trinajstić information content (AvgIpc) is 2.47. The molecule has 0 spiro atoms. The normalized spacial score (nSPS) is 11.6. The zero-order valence-electron chi connectivity index (χ0n) is 7.77. The fourth-order valence-electron chi connectivity index (χ4n) is 0.985. The van der Waals surface area contributed by atoms with Gasteiger partial charge in [-0.15, -0.1) is 11.3 Å². The molecule has 0 aromatic carbocycles. The van der Waals surface area contributed by atoms with Gasteiger partial charge in [-0.05, 0) is 6.42 Å². The first-order valence-corrected chi connectivity index (χ1v) is 6.89. The molecule has 1 rings (SSSR count). The monoisotopic (exact) mass is 269 g/mol. The van der Waals surface area contributed by atoms with Gasteiger partial charge in [0, 0.05) is 6.07 Å². The van der Waals surface area contributed by atoms with Gasteiger partial charge in [-0.25, -0.2) is 8.42 Å². The van der Waals surface area contributed by atoms with E-state index in [4.69, 9.17) is 11.6 Å². The second kappa shape index (κ2) is 4.46. The number of nitrogens with zero attached hydrogens (tertiary/aromatic N) is 1. The summed E-state index contributed by atoms with van der Waals surface area (Å²) in [4.78, 5) is 9.76. The van der Waals surface area contributed by atoms with E-state index in [-0.39, 0.29) is 20.0 Å². The molecule has 0 aliphatic heterocycles. The molecule has 0 amide bonds. The maximum Gasteiger partial charge on any atom is 0.300 e. The summed E-state index contributed by atoms with van der Waals surface area (Å²) in [5, 5.41) is 10.5. The summed E-state index contributed by atoms with van der Waals surface area (Å²) >= 11 is 6.28. The molecule has 0 unspecified atom stereocenters. The maximum atomic E-state index is 11.5. The van der Waals surface area contributed by atoms with Crippen molar-refractivity contribution in [3.63, 3.8) is 0 Å². The summed E-state index contributed by atoms with van der Waals surface area (Å²) in [5.74, 6) is -0.0268. The number of hydrogen-bond donors (Lipinski definition) is 0. The molecule has 0 N–H and O–H groups in total. The number of sulfone groups is 1. The minimum absolute atomic E-state index is 0.0268. The van der Waals surface area contributed by atoms with E-state index >= 15 is 0 Å². The molecule has 1 aromatic rings. The minimum Gasteiger partial charge on any atom is -0.258 e. The molecule has 0 atom stereocenters. The van der Waals surface area contributed by atoms with Crippen LogP contribution >= 0.6 is 22.9 Å². The molecule has 0 radical (unpaired) electrons. The van der Waals surface area contributed by atoms with E-state index in [1.54, 1.807) is 6.92 Å². The van der Waals surface area contributed by atoms with Crippen molar-refractivity contribution in [2.24, 2.45) is 0 Å². The van der Waals surface area contributed by atoms with Gasteiger partial charge in [-0.2, -0.15) is 0 Å². The fourth-order valence-corrected chi connectivity index (χ4v) is 4.12. The van der Waals surface area contributed by atoms with Gasteiger partial charge in [-0.3, -0.25) is 10.1 Å². The highest BCUT2D eigenvalue weighted by Gasteiger charge is 2.24. The Hall–Kier alpha value is -0.660. The van der Waals surface area contributed by atoms with Crippen molar-refractivity contribution in [1.29, 1.82) is 0 Å². The second-order valence-corrected chi connectivity index (χ2v) is 6.79. The lowest BCUT2D eigenvalue weighted by Crippen LogP contribution is -2.03. The predicted octanol–water partition coefficient (Wildman–Crippen LogP) is 2.49. The molecule has 0 aliphatic carbocycles. The molecular formula is C7H8ClNO4S2. The molecule has 0 saturated heterocycles. The summed E-state index contributed by atoms with van der Waals surface area (Å²) in [7, 11) is -3.42. The van der Waals surface area contributed by atoms with E-state index in [1.807, 2.05) is 0 Å². The summed E-state index contributed by atoms with van der Waals surface area (Å²) in [5.41, 5.74) is -0.351. The van der Waals surface area contributed by atoms with E-state index in [1.165, 1.54) is 0 Å². The highest BCUT2D eigenvalue weighted by molar-refractivity contribution is 7.93. The molecule has 1 aromatic heterocycles. The van der Waals surface area contributed by atoms with Gasteiger partial charge in [0.05, 0.1) is 10.7 Å². The van der Waals surface area contributed by atoms with Crippen molar-refractivity contribution in [3.8, 4) is 0 Å². The lowest BCUT2D eigenvalue weighted by molar-refractivity contribution is -0.384. The Morgan fingerprint density at radius 1 is 1.60 bits per heavy atom. The molecule has 0 bridgehead atoms. The highest BCUT2D eigenvalue weighted by atomic mass is 35.5. The van der Waals surface area contributed by atoms with Crippen LogP contribution in [0.25, 0.3) is 0 Å². The lowest BCUT2D eigenvalue weighted by atomic mass is 10.6. The van der Waals surface area contributed by atoms with Crippen LogP contribution in [0.15, 0.2) is 10.3 Å². The predicted molar refractivity (Wildman–Crippen MR) is 58.3 cm³/mol. The molecule has 15 heavy (non-hydrogen) atoms. The number of rotatable bonds is 4. The SMILES string of the molecule is CCCS(=O)(=O)c1cc([N+](=O)[O-])c(Cl)s1. The van der Waals surface area contributed by atoms with Crippen molar-refractivity contribution in [2.45, 2.75) is 17.6 Å². The number of hydrogen-bond acceptors (Lipinski definition) is 5. The quantitative estimate of drug-likeness (QED) is 0.621. The third-order valence-corrected chi connectivity index (χ3v) is 5.44. The Morgan fingerprint density at radius 3 is 2.60 bits per heavy atom. The van der Waals surface area contributed by atoms with E-state index in [0.29, 0.717) is 6.42 Å². The largest absolute Gasteiger partial charge is 0.300 e. The second-order valence-electron chi connectivity index (χ2n) is 2.80. The molecular weight excluding hydrogens is 262 g/mol. The van der Waals surface area contributed by atoms with Crippen molar-refractivity contribution >= 4 is 38.5 Å². The molecule has 8 heteroatoms. The summed E-state index contributed by atoms with van der Waals surface area (Å²) in [6.45, 7) is 1.72. The minimum atomic E-state index is -3.42. The Balaban J connectivity index is 3.19. The number of thiophene rings is 1. The highest BCUT2D eigenvalue weighted by Crippen LogP contribution is 2.36. The lowest BCUT2D eigenvalue weighted by Gasteiger charge is -1.95. The number of nitro groups is 1. The van der Waals surface area contributed by atoms with E-state index in [2.05, 4.69) is 0 Å². The molecule has 5 nitrogen and oxygen atoms in total. The van der Waals surface area contributed by atoms with Crippen molar-refractivity contribution in [3.05, 3.63) is 20.5 Å². The first-order chi connectivity index (χ1) is 6.88. The van der Waals surface area contributed by atoms with Gasteiger partial charge in [0.1, 0.15) is 4.21 Å². The number of halogens is 1. The van der Waals surface area contributed by atoms with Crippen molar-refractivity contribution in [2.75, 3.05) is 5.75 Å². The van der Waals surface area contributed by atoms with Crippen LogP contribution in [0.1, 0.15) is 13.3 Å². The van der Waals surface area contributed by atoms with E-state index < -0.39 is 14.8 Å². The Labute approximate surface area is 95.7 Å². The Morgan fingerprint density at radius 2 is 2.20 bits per heavy atom. The van der Waals surface area contributed by atoms with Crippen LogP contribution in [0.4, 0.5) is 5.69 Å². The van der Waals surface area contributed by atoms with Gasteiger partial charge in [0.15, 0.2) is 14.2 Å². The molecule has 0 aliphatic rings. The summed E-state index contributed by atoms with van der Waals surface area (Å²) < 4.78 is 23.0. The van der Waals surface area contributed by atoms with Gasteiger partial charge >= 0.3 is 0 Å². The fraction of sp³-hybridized carbons (Fsp3) is 0.429. The molecule has 1 heterocycles. The van der Waals surface area contributed by atoms with Crippen LogP contribution in [0, 0.1) is 10.1 Å². The molecule has 84 valence electrons. The summed E-state index contributed by atoms with van der Waals surface area (Å²) in [6.07, 6.45) is 0.464. The van der Waals surface area contributed by atoms with Crippen LogP contribution in [0.2, 0.25) is 4.34 Å². The average molecular weight is 270 g/mol. The third-order valence-electron chi connectivity index (χ3n) is 1.62. The van der Waals surface area contributed by atoms with Gasteiger partial charge in [-0.1, -0.05) is 18.5 Å². The topological polar surface area (TPSA) is 77.3 Å². The zero-order chi connectivity index (χ0) is 11.6. The maximum absolute atomic E-state index is 11.5. The first-order valence-electron chi connectivity index (χ1n) is 4.05. The summed E-state index contributed by atoms with van der Waals surface area (Å²) in [6, 6.07) is 1.01.